The van der Waals surface area contributed by atoms with E-state index in [-0.39, 0.29) is 11.4 Å². The quantitative estimate of drug-likeness (QED) is 0.527. The van der Waals surface area contributed by atoms with Gasteiger partial charge in [0.05, 0.1) is 5.54 Å². The van der Waals surface area contributed by atoms with Crippen molar-refractivity contribution in [3.63, 3.8) is 0 Å². The highest BCUT2D eigenvalue weighted by Gasteiger charge is 2.39. The topological polar surface area (TPSA) is 41.1 Å². The summed E-state index contributed by atoms with van der Waals surface area (Å²) in [6.07, 6.45) is 10.8. The van der Waals surface area contributed by atoms with E-state index in [0.717, 1.165) is 45.1 Å². The molecule has 0 bridgehead atoms. The summed E-state index contributed by atoms with van der Waals surface area (Å²) in [7, 11) is 0. The maximum Gasteiger partial charge on any atom is 0.240 e. The Morgan fingerprint density at radius 3 is 3.00 bits per heavy atom. The standard InChI is InChI=1S/C13H22N2O/c1-3-5-6-10-14-12(16)13(8-4-2)9-7-11-15-13/h1,15H,4-11H2,2H3,(H,14,16). The molecule has 1 unspecified atom stereocenters. The third-order valence-corrected chi connectivity index (χ3v) is 3.14. The molecule has 3 nitrogen and oxygen atoms in total. The predicted molar refractivity (Wildman–Crippen MR) is 66.0 cm³/mol. The summed E-state index contributed by atoms with van der Waals surface area (Å²) >= 11 is 0. The van der Waals surface area contributed by atoms with Crippen LogP contribution in [-0.4, -0.2) is 24.5 Å². The second-order valence-corrected chi connectivity index (χ2v) is 4.43. The lowest BCUT2D eigenvalue weighted by molar-refractivity contribution is -0.127. The van der Waals surface area contributed by atoms with E-state index < -0.39 is 0 Å². The molecule has 0 aromatic heterocycles. The molecule has 90 valence electrons. The molecular formula is C13H22N2O. The van der Waals surface area contributed by atoms with Gasteiger partial charge in [-0.3, -0.25) is 4.79 Å². The van der Waals surface area contributed by atoms with Gasteiger partial charge in [0.2, 0.25) is 5.91 Å². The molecule has 3 heteroatoms. The Kier molecular flexibility index (Phi) is 5.34. The number of amides is 1. The average Bonchev–Trinajstić information content (AvgIpc) is 2.74. The fourth-order valence-electron chi connectivity index (χ4n) is 2.32. The molecule has 1 amide bonds. The lowest BCUT2D eigenvalue weighted by Gasteiger charge is -2.27. The van der Waals surface area contributed by atoms with Crippen LogP contribution in [0.4, 0.5) is 0 Å². The third-order valence-electron chi connectivity index (χ3n) is 3.14. The van der Waals surface area contributed by atoms with Crippen LogP contribution in [0.1, 0.15) is 45.4 Å². The monoisotopic (exact) mass is 222 g/mol. The molecule has 1 fully saturated rings. The second kappa shape index (κ2) is 6.55. The number of carbonyl (C=O) groups is 1. The number of hydrogen-bond donors (Lipinski definition) is 2. The summed E-state index contributed by atoms with van der Waals surface area (Å²) in [4.78, 5) is 12.1. The van der Waals surface area contributed by atoms with Gasteiger partial charge in [-0.05, 0) is 32.2 Å². The van der Waals surface area contributed by atoms with Crippen LogP contribution in [0.3, 0.4) is 0 Å². The molecule has 0 aliphatic carbocycles. The van der Waals surface area contributed by atoms with Crippen molar-refractivity contribution >= 4 is 5.91 Å². The van der Waals surface area contributed by atoms with E-state index in [1.54, 1.807) is 0 Å². The Bertz CT molecular complexity index is 262. The van der Waals surface area contributed by atoms with Crippen LogP contribution >= 0.6 is 0 Å². The van der Waals surface area contributed by atoms with E-state index >= 15 is 0 Å². The summed E-state index contributed by atoms with van der Waals surface area (Å²) in [6, 6.07) is 0. The largest absolute Gasteiger partial charge is 0.354 e. The van der Waals surface area contributed by atoms with Crippen molar-refractivity contribution in [3.8, 4) is 12.3 Å². The molecule has 1 atom stereocenters. The van der Waals surface area contributed by atoms with Gasteiger partial charge in [-0.2, -0.15) is 0 Å². The molecule has 0 aromatic rings. The zero-order valence-electron chi connectivity index (χ0n) is 10.1. The summed E-state index contributed by atoms with van der Waals surface area (Å²) in [5.41, 5.74) is -0.301. The van der Waals surface area contributed by atoms with Gasteiger partial charge in [-0.25, -0.2) is 0 Å². The Morgan fingerprint density at radius 2 is 2.44 bits per heavy atom. The first-order valence-electron chi connectivity index (χ1n) is 6.22. The number of rotatable bonds is 6. The van der Waals surface area contributed by atoms with Crippen molar-refractivity contribution < 1.29 is 4.79 Å². The molecule has 16 heavy (non-hydrogen) atoms. The van der Waals surface area contributed by atoms with Crippen molar-refractivity contribution in [1.29, 1.82) is 0 Å². The van der Waals surface area contributed by atoms with E-state index in [0.29, 0.717) is 6.54 Å². The molecule has 2 N–H and O–H groups in total. The minimum Gasteiger partial charge on any atom is -0.354 e. The van der Waals surface area contributed by atoms with Crippen LogP contribution in [0.2, 0.25) is 0 Å². The van der Waals surface area contributed by atoms with Gasteiger partial charge in [-0.1, -0.05) is 13.3 Å². The normalized spacial score (nSPS) is 24.0. The predicted octanol–water partition coefficient (Wildman–Crippen LogP) is 1.44. The zero-order chi connectivity index (χ0) is 11.9. The van der Waals surface area contributed by atoms with E-state index in [1.807, 2.05) is 0 Å². The summed E-state index contributed by atoms with van der Waals surface area (Å²) in [6.45, 7) is 3.77. The minimum absolute atomic E-state index is 0.156. The Labute approximate surface area is 98.4 Å². The molecule has 1 saturated heterocycles. The van der Waals surface area contributed by atoms with Crippen LogP contribution in [-0.2, 0) is 4.79 Å². The summed E-state index contributed by atoms with van der Waals surface area (Å²) in [5.74, 6) is 2.74. The summed E-state index contributed by atoms with van der Waals surface area (Å²) < 4.78 is 0. The van der Waals surface area contributed by atoms with Crippen molar-refractivity contribution in [2.24, 2.45) is 0 Å². The number of nitrogens with one attached hydrogen (secondary N) is 2. The minimum atomic E-state index is -0.301. The van der Waals surface area contributed by atoms with Crippen molar-refractivity contribution in [2.45, 2.75) is 51.0 Å². The maximum absolute atomic E-state index is 12.1. The first-order valence-corrected chi connectivity index (χ1v) is 6.22. The van der Waals surface area contributed by atoms with Gasteiger partial charge in [-0.15, -0.1) is 12.3 Å². The van der Waals surface area contributed by atoms with Crippen LogP contribution in [0, 0.1) is 12.3 Å². The van der Waals surface area contributed by atoms with E-state index in [4.69, 9.17) is 6.42 Å². The molecule has 1 rings (SSSR count). The smallest absolute Gasteiger partial charge is 0.240 e. The Hall–Kier alpha value is -1.01. The third kappa shape index (κ3) is 3.24. The van der Waals surface area contributed by atoms with E-state index in [9.17, 15) is 4.79 Å². The number of carbonyl (C=O) groups excluding carboxylic acids is 1. The first kappa shape index (κ1) is 13.1. The van der Waals surface area contributed by atoms with Gasteiger partial charge in [0.15, 0.2) is 0 Å². The highest BCUT2D eigenvalue weighted by molar-refractivity contribution is 5.86. The fourth-order valence-corrected chi connectivity index (χ4v) is 2.32. The molecular weight excluding hydrogens is 200 g/mol. The highest BCUT2D eigenvalue weighted by atomic mass is 16.2. The molecule has 0 aromatic carbocycles. The second-order valence-electron chi connectivity index (χ2n) is 4.43. The highest BCUT2D eigenvalue weighted by Crippen LogP contribution is 2.24. The van der Waals surface area contributed by atoms with Crippen LogP contribution in [0.5, 0.6) is 0 Å². The lowest BCUT2D eigenvalue weighted by Crippen LogP contribution is -2.53. The summed E-state index contributed by atoms with van der Waals surface area (Å²) in [5, 5.41) is 6.35. The number of terminal acetylenes is 1. The van der Waals surface area contributed by atoms with Crippen LogP contribution in [0.15, 0.2) is 0 Å². The maximum atomic E-state index is 12.1. The SMILES string of the molecule is C#CCCCNC(=O)C1(CCC)CCCN1. The van der Waals surface area contributed by atoms with Gasteiger partial charge in [0, 0.05) is 13.0 Å². The fraction of sp³-hybridized carbons (Fsp3) is 0.769. The lowest BCUT2D eigenvalue weighted by atomic mass is 9.91. The van der Waals surface area contributed by atoms with Crippen molar-refractivity contribution in [2.75, 3.05) is 13.1 Å². The van der Waals surface area contributed by atoms with Gasteiger partial charge < -0.3 is 10.6 Å². The first-order chi connectivity index (χ1) is 7.75. The molecule has 1 aliphatic heterocycles. The molecule has 1 aliphatic rings. The molecule has 0 saturated carbocycles. The Morgan fingerprint density at radius 1 is 1.62 bits per heavy atom. The van der Waals surface area contributed by atoms with Crippen molar-refractivity contribution in [3.05, 3.63) is 0 Å². The molecule has 0 radical (unpaired) electrons. The number of unbranched alkanes of at least 4 members (excludes halogenated alkanes) is 1. The van der Waals surface area contributed by atoms with Gasteiger partial charge in [0.25, 0.3) is 0 Å². The van der Waals surface area contributed by atoms with Crippen LogP contribution in [0.25, 0.3) is 0 Å². The molecule has 0 spiro atoms. The van der Waals surface area contributed by atoms with Crippen molar-refractivity contribution in [1.82, 2.24) is 10.6 Å². The average molecular weight is 222 g/mol. The zero-order valence-corrected chi connectivity index (χ0v) is 10.1. The van der Waals surface area contributed by atoms with Gasteiger partial charge in [0.1, 0.15) is 0 Å². The van der Waals surface area contributed by atoms with E-state index in [2.05, 4.69) is 23.5 Å². The molecule has 1 heterocycles. The van der Waals surface area contributed by atoms with Gasteiger partial charge >= 0.3 is 0 Å². The van der Waals surface area contributed by atoms with Crippen LogP contribution < -0.4 is 10.6 Å². The van der Waals surface area contributed by atoms with E-state index in [1.165, 1.54) is 0 Å². The number of hydrogen-bond acceptors (Lipinski definition) is 2. The Balaban J connectivity index is 2.39.